The van der Waals surface area contributed by atoms with Gasteiger partial charge in [-0.25, -0.2) is 21.9 Å². The highest BCUT2D eigenvalue weighted by atomic mass is 32.2. The Bertz CT molecular complexity index is 2230. The molecule has 4 heterocycles. The molecule has 5 rings (SSSR count). The van der Waals surface area contributed by atoms with Crippen molar-refractivity contribution in [3.63, 3.8) is 0 Å². The summed E-state index contributed by atoms with van der Waals surface area (Å²) in [5.41, 5.74) is -3.88. The van der Waals surface area contributed by atoms with Gasteiger partial charge in [-0.3, -0.25) is 4.79 Å². The third kappa shape index (κ3) is 14.9. The summed E-state index contributed by atoms with van der Waals surface area (Å²) < 4.78 is 97.3. The van der Waals surface area contributed by atoms with E-state index in [0.29, 0.717) is 30.8 Å². The van der Waals surface area contributed by atoms with Gasteiger partial charge in [0.05, 0.1) is 52.1 Å². The number of nitrogens with zero attached hydrogens (tertiary/aromatic N) is 5. The zero-order chi connectivity index (χ0) is 56.1. The van der Waals surface area contributed by atoms with Gasteiger partial charge in [0, 0.05) is 63.5 Å². The van der Waals surface area contributed by atoms with E-state index in [2.05, 4.69) is 10.3 Å². The maximum atomic E-state index is 14.8. The Hall–Kier alpha value is -2.88. The quantitative estimate of drug-likeness (QED) is 0.142. The molecular formula is C52H87F2N5O15S. The van der Waals surface area contributed by atoms with E-state index >= 15 is 0 Å². The van der Waals surface area contributed by atoms with Crippen molar-refractivity contribution in [2.75, 3.05) is 54.1 Å². The van der Waals surface area contributed by atoms with E-state index in [1.807, 2.05) is 30.7 Å². The van der Waals surface area contributed by atoms with Gasteiger partial charge in [-0.15, -0.1) is 5.10 Å². The number of halogens is 2. The largest absolute Gasteiger partial charge is 0.459 e. The number of esters is 1. The number of carbonyl (C=O) groups is 1. The van der Waals surface area contributed by atoms with Crippen LogP contribution in [0.3, 0.4) is 0 Å². The Kier molecular flexibility index (Phi) is 21.8. The summed E-state index contributed by atoms with van der Waals surface area (Å²) >= 11 is 0. The number of ether oxygens (including phenoxy) is 7. The number of cyclic esters (lactones) is 1. The van der Waals surface area contributed by atoms with Gasteiger partial charge in [-0.2, -0.15) is 0 Å². The fraction of sp³-hybridized carbons (Fsp3) is 0.827. The molecule has 20 atom stereocenters. The smallest absolute Gasteiger partial charge is 0.311 e. The van der Waals surface area contributed by atoms with Crippen molar-refractivity contribution in [3.8, 4) is 0 Å². The second kappa shape index (κ2) is 25.9. The van der Waals surface area contributed by atoms with Crippen LogP contribution < -0.4 is 0 Å². The minimum absolute atomic E-state index is 0.0395. The number of carbonyl (C=O) groups excluding carboxylic acids is 1. The number of aliphatic hydroxyl groups is 5. The van der Waals surface area contributed by atoms with E-state index < -0.39 is 144 Å². The van der Waals surface area contributed by atoms with Gasteiger partial charge in [-0.1, -0.05) is 38.1 Å². The molecule has 3 aliphatic heterocycles. The zero-order valence-electron chi connectivity index (χ0n) is 46.3. The molecule has 23 heteroatoms. The van der Waals surface area contributed by atoms with Crippen LogP contribution in [0, 0.1) is 17.8 Å². The lowest BCUT2D eigenvalue weighted by Gasteiger charge is -2.49. The topological polar surface area (TPSA) is 254 Å². The van der Waals surface area contributed by atoms with Gasteiger partial charge < -0.3 is 68.5 Å². The summed E-state index contributed by atoms with van der Waals surface area (Å²) in [5.74, 6) is -3.01. The molecule has 0 aliphatic carbocycles. The highest BCUT2D eigenvalue weighted by Crippen LogP contribution is 2.41. The molecule has 1 unspecified atom stereocenters. The number of likely N-dealkylation sites (N-methyl/N-ethyl adjacent to an activating group) is 2. The first-order chi connectivity index (χ1) is 34.9. The van der Waals surface area contributed by atoms with E-state index in [-0.39, 0.29) is 36.5 Å². The maximum Gasteiger partial charge on any atom is 0.311 e. The molecule has 430 valence electrons. The van der Waals surface area contributed by atoms with Crippen LogP contribution >= 0.6 is 0 Å². The third-order valence-corrected chi connectivity index (χ3v) is 17.2. The van der Waals surface area contributed by atoms with Crippen molar-refractivity contribution in [3.05, 3.63) is 41.7 Å². The maximum absolute atomic E-state index is 14.8. The van der Waals surface area contributed by atoms with Crippen LogP contribution in [0.4, 0.5) is 8.78 Å². The number of alkyl halides is 2. The molecule has 0 amide bonds. The summed E-state index contributed by atoms with van der Waals surface area (Å²) in [5, 5.41) is 68.1. The lowest BCUT2D eigenvalue weighted by atomic mass is 9.77. The first-order valence-electron chi connectivity index (χ1n) is 26.2. The van der Waals surface area contributed by atoms with Crippen molar-refractivity contribution in [1.29, 1.82) is 0 Å². The summed E-state index contributed by atoms with van der Waals surface area (Å²) in [4.78, 5) is 18.3. The van der Waals surface area contributed by atoms with Crippen LogP contribution in [0.5, 0.6) is 0 Å². The Balaban J connectivity index is 1.44. The molecule has 2 aromatic rings. The monoisotopic (exact) mass is 1090 g/mol. The molecule has 3 aliphatic rings. The fourth-order valence-corrected chi connectivity index (χ4v) is 12.0. The van der Waals surface area contributed by atoms with E-state index in [1.54, 1.807) is 55.5 Å². The highest BCUT2D eigenvalue weighted by molar-refractivity contribution is 7.90. The summed E-state index contributed by atoms with van der Waals surface area (Å²) in [6, 6.07) is 3.24. The molecule has 3 saturated heterocycles. The van der Waals surface area contributed by atoms with Crippen molar-refractivity contribution in [2.24, 2.45) is 17.8 Å². The number of hydrogen-bond donors (Lipinski definition) is 5. The van der Waals surface area contributed by atoms with Crippen molar-refractivity contribution >= 4 is 15.8 Å². The Morgan fingerprint density at radius 3 is 2.21 bits per heavy atom. The van der Waals surface area contributed by atoms with Gasteiger partial charge in [-0.05, 0) is 105 Å². The molecule has 5 N–H and O–H groups in total. The number of hydrogen-bond acceptors (Lipinski definition) is 19. The Morgan fingerprint density at radius 1 is 0.973 bits per heavy atom. The molecule has 1 aromatic heterocycles. The summed E-state index contributed by atoms with van der Waals surface area (Å²) in [6.45, 7) is 15.6. The molecule has 0 bridgehead atoms. The standard InChI is InChI=1S/C52H87F2N5O15S/c1-15-40-52(10,65)45(61)33(6)58(12)26-29(2)23-50(8,64)47(31(4)43(32(5)48(63)72-40)73-41-24-51(9,68-13)46(62)34(7)71-41)74-49-42(60)38(22-30(3)70-49)57(11)21-20-36-27-59(56-55-36)39(25-53)44(69-28-54)35-16-18-37(19-17-35)75(14,66)67/h16-19,27,29-34,38-47,49,60-62,64-65H,15,20-26,28H2,1-14H3/t29-,30-,31+,32-,33-,34+,38+,39-,40-,41+,42-,43?,44-,45-,46+,47-,49+,50-,51-,52-/m1/s1. The molecule has 75 heavy (non-hydrogen) atoms. The molecular weight excluding hydrogens is 1000 g/mol. The highest BCUT2D eigenvalue weighted by Gasteiger charge is 2.53. The average molecular weight is 1090 g/mol. The Labute approximate surface area is 442 Å². The number of aliphatic hydroxyl groups excluding tert-OH is 3. The van der Waals surface area contributed by atoms with E-state index in [1.165, 1.54) is 49.2 Å². The Morgan fingerprint density at radius 2 is 1.63 bits per heavy atom. The van der Waals surface area contributed by atoms with Gasteiger partial charge >= 0.3 is 5.97 Å². The van der Waals surface area contributed by atoms with Crippen LogP contribution in [0.15, 0.2) is 35.4 Å². The zero-order valence-corrected chi connectivity index (χ0v) is 47.1. The summed E-state index contributed by atoms with van der Waals surface area (Å²) in [7, 11) is 1.57. The number of benzene rings is 1. The molecule has 0 radical (unpaired) electrons. The number of methoxy groups -OCH3 is 1. The first kappa shape index (κ1) is 63.0. The molecule has 0 spiro atoms. The molecule has 20 nitrogen and oxygen atoms in total. The van der Waals surface area contributed by atoms with Gasteiger partial charge in [0.15, 0.2) is 29.3 Å². The van der Waals surface area contributed by atoms with Crippen LogP contribution in [0.25, 0.3) is 0 Å². The van der Waals surface area contributed by atoms with Crippen LogP contribution in [-0.2, 0) is 54.2 Å². The summed E-state index contributed by atoms with van der Waals surface area (Å²) in [6.07, 6.45) is -8.28. The number of sulfone groups is 1. The number of rotatable bonds is 17. The SMILES string of the molecule is CC[C@H]1OC(=O)[C@H](C)C(O[C@H]2C[C@@](C)(OC)[C@@H](O)[C@H](C)O2)[C@H](C)[C@@H](O[C@@H]2O[C@H](C)C[C@H](N(C)CCc3cn([C@H](CF)[C@H](OCF)c4ccc(S(C)(=O)=O)cc4)nn3)[C@H]2O)[C@](C)(O)C[C@@H](C)CN(C)[C@H](C)[C@@H](O)[C@]1(C)O. The van der Waals surface area contributed by atoms with Crippen LogP contribution in [-0.4, -0.2) is 209 Å². The van der Waals surface area contributed by atoms with Gasteiger partial charge in [0.25, 0.3) is 0 Å². The normalized spacial score (nSPS) is 39.1. The predicted octanol–water partition coefficient (Wildman–Crippen LogP) is 3.70. The van der Waals surface area contributed by atoms with Crippen LogP contribution in [0.2, 0.25) is 0 Å². The second-order valence-electron chi connectivity index (χ2n) is 22.4. The molecule has 0 saturated carbocycles. The van der Waals surface area contributed by atoms with Gasteiger partial charge in [0.2, 0.25) is 0 Å². The lowest BCUT2D eigenvalue weighted by molar-refractivity contribution is -0.318. The fourth-order valence-electron chi connectivity index (χ4n) is 11.4. The predicted molar refractivity (Wildman–Crippen MR) is 271 cm³/mol. The van der Waals surface area contributed by atoms with E-state index in [4.69, 9.17) is 33.2 Å². The van der Waals surface area contributed by atoms with Crippen molar-refractivity contribution < 1.29 is 80.7 Å². The first-order valence-corrected chi connectivity index (χ1v) is 28.0. The lowest BCUT2D eigenvalue weighted by Crippen LogP contribution is -2.61. The van der Waals surface area contributed by atoms with Crippen LogP contribution in [0.1, 0.15) is 118 Å². The average Bonchev–Trinajstić information content (AvgIpc) is 3.82. The van der Waals surface area contributed by atoms with Crippen molar-refractivity contribution in [2.45, 2.75) is 209 Å². The molecule has 1 aromatic carbocycles. The van der Waals surface area contributed by atoms with Crippen molar-refractivity contribution in [1.82, 2.24) is 24.8 Å². The van der Waals surface area contributed by atoms with Gasteiger partial charge in [0.1, 0.15) is 48.8 Å². The van der Waals surface area contributed by atoms with E-state index in [9.17, 15) is 47.5 Å². The minimum atomic E-state index is -3.52. The minimum Gasteiger partial charge on any atom is -0.459 e. The third-order valence-electron chi connectivity index (χ3n) is 16.1. The molecule has 3 fully saturated rings. The second-order valence-corrected chi connectivity index (χ2v) is 24.4. The van der Waals surface area contributed by atoms with E-state index in [0.717, 1.165) is 6.26 Å². The number of aromatic nitrogens is 3.